The number of likely N-dealkylation sites (tertiary alicyclic amines) is 1. The molecule has 2 aromatic rings. The Hall–Kier alpha value is -6.90. The number of unbranched alkanes of at least 4 members (excludes halogenated alkanes) is 2. The van der Waals surface area contributed by atoms with Crippen molar-refractivity contribution in [3.8, 4) is 0 Å². The maximum Gasteiger partial charge on any atom is 0.294 e. The van der Waals surface area contributed by atoms with Gasteiger partial charge in [0.05, 0.1) is 66.6 Å². The van der Waals surface area contributed by atoms with Gasteiger partial charge in [-0.1, -0.05) is 32.1 Å². The molecule has 0 bridgehead atoms. The average molecular weight is 1290 g/mol. The fourth-order valence-electron chi connectivity index (χ4n) is 9.97. The highest BCUT2D eigenvalue weighted by Gasteiger charge is 2.45. The van der Waals surface area contributed by atoms with E-state index in [1.54, 1.807) is 12.1 Å². The molecule has 27 nitrogen and oxygen atoms in total. The predicted molar refractivity (Wildman–Crippen MR) is 326 cm³/mol. The van der Waals surface area contributed by atoms with Gasteiger partial charge in [0.1, 0.15) is 25.8 Å². The number of fused-ring (bicyclic) bond motifs is 2. The molecule has 3 aliphatic rings. The predicted octanol–water partition coefficient (Wildman–Crippen LogP) is 1.31. The van der Waals surface area contributed by atoms with E-state index < -0.39 is 72.6 Å². The lowest BCUT2D eigenvalue weighted by atomic mass is 9.81. The van der Waals surface area contributed by atoms with Crippen LogP contribution in [0.2, 0.25) is 0 Å². The highest BCUT2D eigenvalue weighted by atomic mass is 32.2. The van der Waals surface area contributed by atoms with E-state index in [-0.39, 0.29) is 131 Å². The van der Waals surface area contributed by atoms with E-state index in [1.807, 2.05) is 65.0 Å². The van der Waals surface area contributed by atoms with Crippen molar-refractivity contribution in [1.82, 2.24) is 31.5 Å². The molecule has 9 N–H and O–H groups in total. The summed E-state index contributed by atoms with van der Waals surface area (Å²) in [4.78, 5) is 101. The van der Waals surface area contributed by atoms with Gasteiger partial charge in [0, 0.05) is 99.2 Å². The maximum atomic E-state index is 13.2. The summed E-state index contributed by atoms with van der Waals surface area (Å²) in [6.07, 6.45) is 11.3. The van der Waals surface area contributed by atoms with E-state index in [1.165, 1.54) is 31.2 Å². The molecule has 0 radical (unpaired) electrons. The van der Waals surface area contributed by atoms with E-state index in [0.717, 1.165) is 45.0 Å². The van der Waals surface area contributed by atoms with Crippen LogP contribution in [0.3, 0.4) is 0 Å². The number of carbonyl (C=O) groups is 8. The molecule has 2 atom stereocenters. The van der Waals surface area contributed by atoms with Gasteiger partial charge in [0.25, 0.3) is 20.2 Å². The van der Waals surface area contributed by atoms with Crippen LogP contribution in [0.15, 0.2) is 82.3 Å². The number of hydrogen-bond donors (Lipinski definition) is 8. The lowest BCUT2D eigenvalue weighted by Crippen LogP contribution is -2.47. The summed E-state index contributed by atoms with van der Waals surface area (Å²) in [5.41, 5.74) is 9.11. The van der Waals surface area contributed by atoms with Crippen LogP contribution >= 0.6 is 11.8 Å². The number of nitrogens with two attached hydrogens (primary N) is 1. The summed E-state index contributed by atoms with van der Waals surface area (Å²) < 4.78 is 91.3. The van der Waals surface area contributed by atoms with E-state index in [0.29, 0.717) is 37.9 Å². The number of imide groups is 1. The first-order valence-electron chi connectivity index (χ1n) is 28.7. The lowest BCUT2D eigenvalue weighted by molar-refractivity contribution is -0.438. The molecule has 1 fully saturated rings. The minimum absolute atomic E-state index is 0.0152. The number of nitrogens with one attached hydrogen (secondary N) is 5. The van der Waals surface area contributed by atoms with Gasteiger partial charge in [-0.25, -0.2) is 0 Å². The van der Waals surface area contributed by atoms with E-state index in [2.05, 4.69) is 36.1 Å². The Kier molecular flexibility index (Phi) is 27.4. The van der Waals surface area contributed by atoms with Crippen LogP contribution in [0.1, 0.15) is 84.8 Å². The molecule has 1 saturated heterocycles. The first-order valence-corrected chi connectivity index (χ1v) is 32.6. The fourth-order valence-corrected chi connectivity index (χ4v) is 12.2. The quantitative estimate of drug-likeness (QED) is 0.0154. The lowest BCUT2D eigenvalue weighted by Gasteiger charge is -2.25. The fraction of sp³-hybridized carbons (Fsp3) is 0.534. The highest BCUT2D eigenvalue weighted by Crippen LogP contribution is 2.48. The number of likely N-dealkylation sites (N-methyl/N-ethyl adjacent to an activating group) is 1. The Labute approximate surface area is 517 Å². The molecular weight excluding hydrogens is 1210 g/mol. The van der Waals surface area contributed by atoms with Crippen molar-refractivity contribution in [2.45, 2.75) is 106 Å². The van der Waals surface area contributed by atoms with Crippen LogP contribution in [-0.4, -0.2) is 204 Å². The number of hydrogen-bond acceptors (Lipinski definition) is 18. The van der Waals surface area contributed by atoms with Gasteiger partial charge in [0.15, 0.2) is 5.71 Å². The zero-order chi connectivity index (χ0) is 64.8. The molecule has 0 aliphatic carbocycles. The Morgan fingerprint density at radius 2 is 1.33 bits per heavy atom. The molecule has 0 spiro atoms. The van der Waals surface area contributed by atoms with Gasteiger partial charge in [-0.05, 0) is 75.6 Å². The molecule has 2 aromatic carbocycles. The van der Waals surface area contributed by atoms with Gasteiger partial charge in [-0.15, -0.1) is 11.8 Å². The third-order valence-corrected chi connectivity index (χ3v) is 17.5. The summed E-state index contributed by atoms with van der Waals surface area (Å²) in [7, 11) is -8.90. The third kappa shape index (κ3) is 21.1. The summed E-state index contributed by atoms with van der Waals surface area (Å²) in [6.45, 7) is 12.8. The normalized spacial score (nSPS) is 17.0. The van der Waals surface area contributed by atoms with Gasteiger partial charge >= 0.3 is 0 Å². The van der Waals surface area contributed by atoms with Crippen LogP contribution in [0.5, 0.6) is 0 Å². The number of ether oxygens (including phenoxy) is 4. The van der Waals surface area contributed by atoms with Crippen molar-refractivity contribution < 1.29 is 87.8 Å². The zero-order valence-corrected chi connectivity index (χ0v) is 52.9. The second-order valence-corrected chi connectivity index (χ2v) is 25.7. The van der Waals surface area contributed by atoms with Crippen molar-refractivity contribution in [1.29, 1.82) is 0 Å². The smallest absolute Gasteiger partial charge is 0.294 e. The minimum Gasteiger partial charge on any atom is -0.377 e. The number of allylic oxidation sites excluding steroid dienone is 6. The van der Waals surface area contributed by atoms with Crippen molar-refractivity contribution in [2.75, 3.05) is 109 Å². The molecule has 484 valence electrons. The number of primary amides is 1. The molecule has 1 unspecified atom stereocenters. The SMILES string of the molecule is CCN1C(=CC=CC=CC2=[N+](CCCCCC(=O)NCCN3C(=O)CC(SC[C@@H](NC(=O)COCCOCCNC(=O)COCCOCCNC(=O)CNC(C)=O)C(N)=O)C3=O)c3ccc(S(=O)(=O)O)cc3C2(C)C)C(C)(C)c2cc(S(=O)(=O)O)ccc21. The molecule has 88 heavy (non-hydrogen) atoms. The molecule has 3 aliphatic heterocycles. The monoisotopic (exact) mass is 1290 g/mol. The van der Waals surface area contributed by atoms with Crippen LogP contribution < -0.4 is 37.2 Å². The number of rotatable bonds is 38. The van der Waals surface area contributed by atoms with Crippen LogP contribution in [-0.2, 0) is 88.4 Å². The van der Waals surface area contributed by atoms with Crippen molar-refractivity contribution in [3.05, 3.63) is 83.6 Å². The summed E-state index contributed by atoms with van der Waals surface area (Å²) in [6, 6.07) is 7.91. The van der Waals surface area contributed by atoms with Gasteiger partial charge in [0.2, 0.25) is 52.9 Å². The minimum atomic E-state index is -4.50. The molecule has 3 heterocycles. The summed E-state index contributed by atoms with van der Waals surface area (Å²) >= 11 is 0.995. The van der Waals surface area contributed by atoms with Gasteiger partial charge in [-0.3, -0.25) is 52.4 Å². The summed E-state index contributed by atoms with van der Waals surface area (Å²) in [5, 5.41) is 12.0. The molecule has 5 rings (SSSR count). The summed E-state index contributed by atoms with van der Waals surface area (Å²) in [5.74, 6) is -3.87. The standard InChI is InChI=1S/C58H81N9O18S3/c1-7-65-45-19-17-40(87(76,77)78)32-42(45)57(3,4)48(65)14-10-8-11-15-49-58(5,6)43-33-41(88(79,80)81)18-20-46(43)66(49)24-13-9-12-16-50(69)60-21-25-67-54(73)34-47(56(67)75)86-38-44(55(59)74)64-53(72)37-85-31-29-83-27-23-62-52(71)36-84-30-28-82-26-22-61-51(70)35-63-39(2)68/h8,10-11,14-15,17-20,32-33,44,47H,7,9,12-13,16,21-31,34-38H2,1-6H3,(H8-,59,60,61,62,63,64,68,69,70,71,72,74,76,77,78,79,80,81)/p+1/t44-,47?/m1/s1. The van der Waals surface area contributed by atoms with Gasteiger partial charge < -0.3 is 56.2 Å². The number of nitrogens with zero attached hydrogens (tertiary/aromatic N) is 3. The van der Waals surface area contributed by atoms with E-state index in [9.17, 15) is 64.3 Å². The second kappa shape index (κ2) is 33.6. The van der Waals surface area contributed by atoms with Crippen molar-refractivity contribution >= 4 is 96.3 Å². The largest absolute Gasteiger partial charge is 0.377 e. The van der Waals surface area contributed by atoms with Crippen molar-refractivity contribution in [2.24, 2.45) is 5.73 Å². The Balaban J connectivity index is 0.986. The van der Waals surface area contributed by atoms with Crippen LogP contribution in [0.4, 0.5) is 11.4 Å². The molecule has 30 heteroatoms. The van der Waals surface area contributed by atoms with Crippen molar-refractivity contribution in [3.63, 3.8) is 0 Å². The Morgan fingerprint density at radius 1 is 0.727 bits per heavy atom. The zero-order valence-electron chi connectivity index (χ0n) is 50.4. The number of benzene rings is 2. The number of carbonyl (C=O) groups excluding carboxylic acids is 8. The number of amides is 8. The first-order chi connectivity index (χ1) is 41.6. The van der Waals surface area contributed by atoms with Gasteiger partial charge in [-0.2, -0.15) is 21.4 Å². The third-order valence-electron chi connectivity index (χ3n) is 14.5. The Morgan fingerprint density at radius 3 is 1.95 bits per heavy atom. The van der Waals surface area contributed by atoms with Crippen LogP contribution in [0, 0.1) is 0 Å². The average Bonchev–Trinajstić information content (AvgIpc) is 1.71. The second-order valence-electron chi connectivity index (χ2n) is 21.7. The topological polar surface area (TPSA) is 378 Å². The molecular formula is C58H82N9O18S3+. The molecule has 0 aromatic heterocycles. The van der Waals surface area contributed by atoms with E-state index >= 15 is 0 Å². The van der Waals surface area contributed by atoms with E-state index in [4.69, 9.17) is 24.7 Å². The molecule has 8 amide bonds. The Bertz CT molecular complexity index is 3240. The molecule has 0 saturated carbocycles. The van der Waals surface area contributed by atoms with Crippen LogP contribution in [0.25, 0.3) is 0 Å². The maximum absolute atomic E-state index is 13.2. The highest BCUT2D eigenvalue weighted by molar-refractivity contribution is 8.00. The number of thioether (sulfide) groups is 1. The number of anilines is 1. The first kappa shape index (κ1) is 71.8.